The zero-order valence-corrected chi connectivity index (χ0v) is 10.3. The number of nitrogens with one attached hydrogen (secondary N) is 3. The van der Waals surface area contributed by atoms with Crippen molar-refractivity contribution in [2.45, 2.75) is 57.2 Å². The number of carbonyl (C=O) groups is 2. The van der Waals surface area contributed by atoms with E-state index in [2.05, 4.69) is 22.9 Å². The van der Waals surface area contributed by atoms with E-state index in [0.29, 0.717) is 24.9 Å². The van der Waals surface area contributed by atoms with Gasteiger partial charge in [0.05, 0.1) is 6.04 Å². The highest BCUT2D eigenvalue weighted by molar-refractivity contribution is 6.00. The molecule has 0 bridgehead atoms. The molecule has 2 rings (SSSR count). The highest BCUT2D eigenvalue weighted by Crippen LogP contribution is 2.12. The molecule has 0 aromatic heterocycles. The number of imide groups is 1. The molecule has 17 heavy (non-hydrogen) atoms. The van der Waals surface area contributed by atoms with Gasteiger partial charge in [0.1, 0.15) is 0 Å². The molecule has 5 heteroatoms. The number of hydrogen-bond donors (Lipinski definition) is 3. The molecule has 2 aliphatic rings. The Balaban J connectivity index is 1.75. The van der Waals surface area contributed by atoms with E-state index in [9.17, 15) is 9.59 Å². The van der Waals surface area contributed by atoms with E-state index in [1.807, 2.05) is 0 Å². The van der Waals surface area contributed by atoms with Gasteiger partial charge in [0.25, 0.3) is 0 Å². The third kappa shape index (κ3) is 3.51. The second-order valence-corrected chi connectivity index (χ2v) is 5.10. The Labute approximate surface area is 102 Å². The van der Waals surface area contributed by atoms with Crippen LogP contribution in [0.5, 0.6) is 0 Å². The van der Waals surface area contributed by atoms with E-state index in [1.165, 1.54) is 12.8 Å². The summed E-state index contributed by atoms with van der Waals surface area (Å²) in [5, 5.41) is 9.13. The first-order chi connectivity index (χ1) is 8.15. The Morgan fingerprint density at radius 2 is 2.24 bits per heavy atom. The molecule has 2 amide bonds. The van der Waals surface area contributed by atoms with Crippen molar-refractivity contribution in [3.8, 4) is 0 Å². The molecule has 0 radical (unpaired) electrons. The normalized spacial score (nSPS) is 31.4. The van der Waals surface area contributed by atoms with Gasteiger partial charge in [-0.3, -0.25) is 14.9 Å². The number of rotatable bonds is 4. The summed E-state index contributed by atoms with van der Waals surface area (Å²) in [6.45, 7) is 3.21. The van der Waals surface area contributed by atoms with Crippen LogP contribution in [0, 0.1) is 0 Å². The fourth-order valence-electron chi connectivity index (χ4n) is 2.65. The fraction of sp³-hybridized carbons (Fsp3) is 0.833. The first kappa shape index (κ1) is 12.5. The van der Waals surface area contributed by atoms with Gasteiger partial charge in [-0.15, -0.1) is 0 Å². The van der Waals surface area contributed by atoms with Crippen LogP contribution in [0.4, 0.5) is 0 Å². The van der Waals surface area contributed by atoms with Crippen molar-refractivity contribution >= 4 is 11.8 Å². The minimum atomic E-state index is -0.205. The molecular formula is C12H21N3O2. The second-order valence-electron chi connectivity index (χ2n) is 5.10. The van der Waals surface area contributed by atoms with E-state index in [0.717, 1.165) is 13.0 Å². The van der Waals surface area contributed by atoms with Gasteiger partial charge in [0, 0.05) is 18.5 Å². The average molecular weight is 239 g/mol. The molecule has 2 heterocycles. The third-order valence-electron chi connectivity index (χ3n) is 3.53. The SMILES string of the molecule is CC(CC1CCCN1)NC1CCC(=O)NC1=O. The van der Waals surface area contributed by atoms with Gasteiger partial charge in [-0.25, -0.2) is 0 Å². The van der Waals surface area contributed by atoms with E-state index < -0.39 is 0 Å². The summed E-state index contributed by atoms with van der Waals surface area (Å²) in [4.78, 5) is 22.6. The monoisotopic (exact) mass is 239 g/mol. The minimum absolute atomic E-state index is 0.154. The largest absolute Gasteiger partial charge is 0.314 e. The maximum Gasteiger partial charge on any atom is 0.243 e. The maximum atomic E-state index is 11.6. The van der Waals surface area contributed by atoms with Crippen LogP contribution in [0.2, 0.25) is 0 Å². The van der Waals surface area contributed by atoms with Gasteiger partial charge in [-0.2, -0.15) is 0 Å². The van der Waals surface area contributed by atoms with Crippen LogP contribution in [0.25, 0.3) is 0 Å². The summed E-state index contributed by atoms with van der Waals surface area (Å²) >= 11 is 0. The second kappa shape index (κ2) is 5.60. The number of piperidine rings is 1. The Hall–Kier alpha value is -0.940. The van der Waals surface area contributed by atoms with E-state index in [-0.39, 0.29) is 17.9 Å². The third-order valence-corrected chi connectivity index (χ3v) is 3.53. The first-order valence-corrected chi connectivity index (χ1v) is 6.48. The molecule has 5 nitrogen and oxygen atoms in total. The summed E-state index contributed by atoms with van der Waals surface area (Å²) in [5.74, 6) is -0.328. The average Bonchev–Trinajstić information content (AvgIpc) is 2.75. The maximum absolute atomic E-state index is 11.6. The lowest BCUT2D eigenvalue weighted by Gasteiger charge is -2.26. The minimum Gasteiger partial charge on any atom is -0.314 e. The Kier molecular flexibility index (Phi) is 4.12. The van der Waals surface area contributed by atoms with Gasteiger partial charge >= 0.3 is 0 Å². The molecule has 0 aromatic rings. The number of amides is 2. The van der Waals surface area contributed by atoms with E-state index >= 15 is 0 Å². The Morgan fingerprint density at radius 3 is 2.88 bits per heavy atom. The summed E-state index contributed by atoms with van der Waals surface area (Å²) in [5.41, 5.74) is 0. The van der Waals surface area contributed by atoms with Crippen molar-refractivity contribution in [2.24, 2.45) is 0 Å². The van der Waals surface area contributed by atoms with Crippen molar-refractivity contribution < 1.29 is 9.59 Å². The predicted octanol–water partition coefficient (Wildman–Crippen LogP) is -0.0882. The van der Waals surface area contributed by atoms with Gasteiger partial charge in [0.2, 0.25) is 11.8 Å². The fourth-order valence-corrected chi connectivity index (χ4v) is 2.65. The predicted molar refractivity (Wildman–Crippen MR) is 64.4 cm³/mol. The Morgan fingerprint density at radius 1 is 1.41 bits per heavy atom. The summed E-state index contributed by atoms with van der Waals surface area (Å²) < 4.78 is 0. The highest BCUT2D eigenvalue weighted by Gasteiger charge is 2.28. The lowest BCUT2D eigenvalue weighted by atomic mass is 10.0. The number of carbonyl (C=O) groups excluding carboxylic acids is 2. The quantitative estimate of drug-likeness (QED) is 0.600. The van der Waals surface area contributed by atoms with Gasteiger partial charge in [0.15, 0.2) is 0 Å². The number of hydrogen-bond acceptors (Lipinski definition) is 4. The molecule has 0 saturated carbocycles. The summed E-state index contributed by atoms with van der Waals surface area (Å²) in [6, 6.07) is 0.671. The van der Waals surface area contributed by atoms with Gasteiger partial charge in [-0.1, -0.05) is 0 Å². The van der Waals surface area contributed by atoms with Crippen LogP contribution >= 0.6 is 0 Å². The van der Waals surface area contributed by atoms with Crippen LogP contribution in [-0.2, 0) is 9.59 Å². The van der Waals surface area contributed by atoms with Gasteiger partial charge in [-0.05, 0) is 39.2 Å². The van der Waals surface area contributed by atoms with Crippen LogP contribution in [-0.4, -0.2) is 36.5 Å². The molecule has 2 saturated heterocycles. The van der Waals surface area contributed by atoms with Crippen molar-refractivity contribution in [3.63, 3.8) is 0 Å². The van der Waals surface area contributed by atoms with Crippen LogP contribution in [0.15, 0.2) is 0 Å². The Bertz CT molecular complexity index is 300. The molecule has 0 aromatic carbocycles. The zero-order valence-electron chi connectivity index (χ0n) is 10.3. The smallest absolute Gasteiger partial charge is 0.243 e. The molecule has 3 unspecified atom stereocenters. The molecule has 0 spiro atoms. The lowest BCUT2D eigenvalue weighted by Crippen LogP contribution is -2.53. The van der Waals surface area contributed by atoms with Crippen molar-refractivity contribution in [1.82, 2.24) is 16.0 Å². The highest BCUT2D eigenvalue weighted by atomic mass is 16.2. The lowest BCUT2D eigenvalue weighted by molar-refractivity contribution is -0.134. The zero-order chi connectivity index (χ0) is 12.3. The standard InChI is InChI=1S/C12H21N3O2/c1-8(7-9-3-2-6-13-9)14-10-4-5-11(16)15-12(10)17/h8-10,13-14H,2-7H2,1H3,(H,15,16,17). The van der Waals surface area contributed by atoms with Crippen molar-refractivity contribution in [3.05, 3.63) is 0 Å². The first-order valence-electron chi connectivity index (χ1n) is 6.48. The van der Waals surface area contributed by atoms with E-state index in [1.54, 1.807) is 0 Å². The summed E-state index contributed by atoms with van der Waals surface area (Å²) in [7, 11) is 0. The molecule has 3 N–H and O–H groups in total. The molecule has 2 fully saturated rings. The molecule has 0 aliphatic carbocycles. The summed E-state index contributed by atoms with van der Waals surface area (Å²) in [6.07, 6.45) is 4.57. The molecule has 3 atom stereocenters. The van der Waals surface area contributed by atoms with Crippen LogP contribution in [0.3, 0.4) is 0 Å². The van der Waals surface area contributed by atoms with Crippen LogP contribution in [0.1, 0.15) is 39.0 Å². The van der Waals surface area contributed by atoms with E-state index in [4.69, 9.17) is 0 Å². The molecule has 96 valence electrons. The van der Waals surface area contributed by atoms with Gasteiger partial charge < -0.3 is 10.6 Å². The topological polar surface area (TPSA) is 70.2 Å². The molecule has 2 aliphatic heterocycles. The van der Waals surface area contributed by atoms with Crippen LogP contribution < -0.4 is 16.0 Å². The van der Waals surface area contributed by atoms with Crippen molar-refractivity contribution in [2.75, 3.05) is 6.54 Å². The van der Waals surface area contributed by atoms with Crippen molar-refractivity contribution in [1.29, 1.82) is 0 Å². The molecular weight excluding hydrogens is 218 g/mol.